The lowest BCUT2D eigenvalue weighted by atomic mass is 9.77. The average Bonchev–Trinajstić information content (AvgIpc) is 2.86. The van der Waals surface area contributed by atoms with Crippen molar-refractivity contribution >= 4 is 32.3 Å². The Morgan fingerprint density at radius 1 is 0.457 bits per heavy atom. The van der Waals surface area contributed by atoms with Crippen molar-refractivity contribution in [2.75, 3.05) is 0 Å². The molecule has 0 saturated heterocycles. The van der Waals surface area contributed by atoms with E-state index in [-0.39, 0.29) is 5.41 Å². The van der Waals surface area contributed by atoms with Crippen molar-refractivity contribution < 1.29 is 0 Å². The highest BCUT2D eigenvalue weighted by Gasteiger charge is 2.24. The van der Waals surface area contributed by atoms with Crippen LogP contribution < -0.4 is 0 Å². The van der Waals surface area contributed by atoms with Gasteiger partial charge < -0.3 is 0 Å². The molecule has 0 N–H and O–H groups in total. The molecule has 0 radical (unpaired) electrons. The van der Waals surface area contributed by atoms with E-state index < -0.39 is 0 Å². The Hall–Kier alpha value is -3.90. The lowest BCUT2D eigenvalue weighted by molar-refractivity contribution is 0.601. The highest BCUT2D eigenvalue weighted by molar-refractivity contribution is 6.20. The first kappa shape index (κ1) is 21.6. The van der Waals surface area contributed by atoms with E-state index >= 15 is 0 Å². The summed E-state index contributed by atoms with van der Waals surface area (Å²) in [5.41, 5.74) is 7.92. The minimum absolute atomic E-state index is 0.0312. The lowest BCUT2D eigenvalue weighted by Crippen LogP contribution is -2.13. The third-order valence-electron chi connectivity index (χ3n) is 7.21. The Balaban J connectivity index is 1.79. The van der Waals surface area contributed by atoms with Gasteiger partial charge in [0, 0.05) is 0 Å². The van der Waals surface area contributed by atoms with Crippen LogP contribution in [-0.2, 0) is 5.41 Å². The van der Waals surface area contributed by atoms with Crippen molar-refractivity contribution in [2.24, 2.45) is 0 Å². The number of hydrogen-bond acceptors (Lipinski definition) is 0. The molecule has 6 rings (SSSR count). The van der Waals surface area contributed by atoms with E-state index in [9.17, 15) is 0 Å². The largest absolute Gasteiger partial charge is 0.0622 e. The first-order chi connectivity index (χ1) is 16.9. The molecule has 0 bridgehead atoms. The molecule has 0 unspecified atom stereocenters. The molecule has 6 aromatic carbocycles. The Morgan fingerprint density at radius 2 is 1.00 bits per heavy atom. The molecule has 0 saturated carbocycles. The highest BCUT2D eigenvalue weighted by atomic mass is 14.3. The van der Waals surface area contributed by atoms with Crippen LogP contribution in [0.4, 0.5) is 0 Å². The minimum atomic E-state index is 0.0312. The number of hydrogen-bond donors (Lipinski definition) is 0. The lowest BCUT2D eigenvalue weighted by Gasteiger charge is -2.27. The quantitative estimate of drug-likeness (QED) is 0.230. The topological polar surface area (TPSA) is 0 Å². The number of benzene rings is 6. The Kier molecular flexibility index (Phi) is 5.00. The summed E-state index contributed by atoms with van der Waals surface area (Å²) in [6.07, 6.45) is 0. The molecule has 0 aliphatic heterocycles. The first-order valence-electron chi connectivity index (χ1n) is 12.5. The Bertz CT molecular complexity index is 1710. The zero-order chi connectivity index (χ0) is 24.2. The third-order valence-corrected chi connectivity index (χ3v) is 7.21. The van der Waals surface area contributed by atoms with Gasteiger partial charge in [0.05, 0.1) is 0 Å². The van der Waals surface area contributed by atoms with Crippen molar-refractivity contribution in [1.29, 1.82) is 0 Å². The van der Waals surface area contributed by atoms with Crippen LogP contribution in [0, 0.1) is 6.92 Å². The molecule has 0 aliphatic rings. The fraction of sp³-hybridized carbons (Fsp3) is 0.143. The van der Waals surface area contributed by atoms with E-state index in [0.717, 1.165) is 0 Å². The van der Waals surface area contributed by atoms with Gasteiger partial charge in [-0.3, -0.25) is 0 Å². The zero-order valence-electron chi connectivity index (χ0n) is 20.9. The number of fused-ring (bicyclic) bond motifs is 3. The predicted molar refractivity (Wildman–Crippen MR) is 153 cm³/mol. The van der Waals surface area contributed by atoms with Crippen LogP contribution >= 0.6 is 0 Å². The van der Waals surface area contributed by atoms with Gasteiger partial charge in [0.25, 0.3) is 0 Å². The van der Waals surface area contributed by atoms with Crippen LogP contribution in [0.25, 0.3) is 54.6 Å². The maximum atomic E-state index is 2.38. The van der Waals surface area contributed by atoms with Crippen LogP contribution in [0.2, 0.25) is 0 Å². The zero-order valence-corrected chi connectivity index (χ0v) is 20.9. The van der Waals surface area contributed by atoms with E-state index in [1.54, 1.807) is 0 Å². The number of aryl methyl sites for hydroxylation is 1. The molecule has 0 fully saturated rings. The van der Waals surface area contributed by atoms with E-state index in [1.165, 1.54) is 65.7 Å². The second-order valence-corrected chi connectivity index (χ2v) is 10.7. The maximum absolute atomic E-state index is 2.38. The summed E-state index contributed by atoms with van der Waals surface area (Å²) < 4.78 is 0. The molecule has 0 atom stereocenters. The summed E-state index contributed by atoms with van der Waals surface area (Å²) in [4.78, 5) is 0. The molecule has 0 nitrogen and oxygen atoms in total. The van der Waals surface area contributed by atoms with Gasteiger partial charge >= 0.3 is 0 Å². The normalized spacial score (nSPS) is 12.0. The van der Waals surface area contributed by atoms with Crippen molar-refractivity contribution in [1.82, 2.24) is 0 Å². The molecule has 6 aromatic rings. The highest BCUT2D eigenvalue weighted by Crippen LogP contribution is 2.46. The predicted octanol–water partition coefficient (Wildman–Crippen LogP) is 10.1. The summed E-state index contributed by atoms with van der Waals surface area (Å²) in [6.45, 7) is 9.20. The van der Waals surface area contributed by atoms with Crippen molar-refractivity contribution in [2.45, 2.75) is 33.1 Å². The number of rotatable bonds is 2. The fourth-order valence-electron chi connectivity index (χ4n) is 5.78. The Morgan fingerprint density at radius 3 is 1.69 bits per heavy atom. The second kappa shape index (κ2) is 8.10. The molecule has 170 valence electrons. The van der Waals surface area contributed by atoms with Crippen LogP contribution in [0.15, 0.2) is 109 Å². The molecule has 0 spiro atoms. The average molecular weight is 451 g/mol. The summed E-state index contributed by atoms with van der Waals surface area (Å²) in [6, 6.07) is 40.2. The van der Waals surface area contributed by atoms with Crippen LogP contribution in [0.5, 0.6) is 0 Å². The molecule has 35 heavy (non-hydrogen) atoms. The molecule has 0 heterocycles. The standard InChI is InChI=1S/C35H30/c1-23-18-19-30-32(22-23)34(35(2,3)4)31-17-11-10-16-28(31)33(30)29-21-20-25(24-12-6-5-7-13-24)26-14-8-9-15-27(26)29/h5-22H,1-4H3. The monoisotopic (exact) mass is 450 g/mol. The van der Waals surface area contributed by atoms with Gasteiger partial charge in [-0.1, -0.05) is 136 Å². The van der Waals surface area contributed by atoms with Gasteiger partial charge in [-0.25, -0.2) is 0 Å². The van der Waals surface area contributed by atoms with Crippen LogP contribution in [-0.4, -0.2) is 0 Å². The van der Waals surface area contributed by atoms with E-state index in [2.05, 4.69) is 137 Å². The first-order valence-corrected chi connectivity index (χ1v) is 12.5. The van der Waals surface area contributed by atoms with Gasteiger partial charge in [-0.15, -0.1) is 0 Å². The second-order valence-electron chi connectivity index (χ2n) is 10.7. The van der Waals surface area contributed by atoms with Gasteiger partial charge in [0.1, 0.15) is 0 Å². The molecule has 0 heteroatoms. The fourth-order valence-corrected chi connectivity index (χ4v) is 5.78. The third kappa shape index (κ3) is 3.53. The van der Waals surface area contributed by atoms with Gasteiger partial charge in [-0.05, 0) is 72.5 Å². The van der Waals surface area contributed by atoms with Crippen molar-refractivity contribution in [3.05, 3.63) is 120 Å². The maximum Gasteiger partial charge on any atom is -0.00204 e. The SMILES string of the molecule is Cc1ccc2c(-c3ccc(-c4ccccc4)c4ccccc34)c3ccccc3c(C(C)(C)C)c2c1. The molecular weight excluding hydrogens is 420 g/mol. The van der Waals surface area contributed by atoms with Gasteiger partial charge in [0.2, 0.25) is 0 Å². The summed E-state index contributed by atoms with van der Waals surface area (Å²) >= 11 is 0. The summed E-state index contributed by atoms with van der Waals surface area (Å²) in [5.74, 6) is 0. The van der Waals surface area contributed by atoms with Crippen LogP contribution in [0.3, 0.4) is 0 Å². The summed E-state index contributed by atoms with van der Waals surface area (Å²) in [7, 11) is 0. The van der Waals surface area contributed by atoms with Crippen molar-refractivity contribution in [3.63, 3.8) is 0 Å². The molecule has 0 aromatic heterocycles. The van der Waals surface area contributed by atoms with E-state index in [0.29, 0.717) is 0 Å². The van der Waals surface area contributed by atoms with Crippen molar-refractivity contribution in [3.8, 4) is 22.3 Å². The smallest absolute Gasteiger partial charge is 0.00204 e. The summed E-state index contributed by atoms with van der Waals surface area (Å²) in [5, 5.41) is 7.96. The Labute approximate surface area is 207 Å². The molecular formula is C35H30. The van der Waals surface area contributed by atoms with E-state index in [1.807, 2.05) is 0 Å². The molecule has 0 amide bonds. The van der Waals surface area contributed by atoms with Gasteiger partial charge in [0.15, 0.2) is 0 Å². The van der Waals surface area contributed by atoms with Crippen LogP contribution in [0.1, 0.15) is 31.9 Å². The van der Waals surface area contributed by atoms with Gasteiger partial charge in [-0.2, -0.15) is 0 Å². The molecule has 0 aliphatic carbocycles. The van der Waals surface area contributed by atoms with E-state index in [4.69, 9.17) is 0 Å². The minimum Gasteiger partial charge on any atom is -0.0622 e.